The Morgan fingerprint density at radius 2 is 1.97 bits per heavy atom. The van der Waals surface area contributed by atoms with Gasteiger partial charge in [-0.2, -0.15) is 0 Å². The normalized spacial score (nSPS) is 24.4. The molecule has 2 amide bonds. The van der Waals surface area contributed by atoms with Gasteiger partial charge in [0.1, 0.15) is 6.04 Å². The van der Waals surface area contributed by atoms with Crippen LogP contribution in [0.25, 0.3) is 0 Å². The monoisotopic (exact) mass is 469 g/mol. The van der Waals surface area contributed by atoms with Crippen molar-refractivity contribution in [3.8, 4) is 0 Å². The van der Waals surface area contributed by atoms with E-state index < -0.39 is 6.04 Å². The summed E-state index contributed by atoms with van der Waals surface area (Å²) in [5, 5.41) is 0. The first-order valence-electron chi connectivity index (χ1n) is 13.5. The lowest BCUT2D eigenvalue weighted by molar-refractivity contribution is -0.139. The lowest BCUT2D eigenvalue weighted by Crippen LogP contribution is -2.56. The van der Waals surface area contributed by atoms with E-state index in [4.69, 9.17) is 4.74 Å². The van der Waals surface area contributed by atoms with Crippen molar-refractivity contribution in [3.05, 3.63) is 35.4 Å². The number of rotatable bonds is 10. The number of carbonyl (C=O) groups is 2. The SMILES string of the molecule is CCC(C)C(C(=O)N(CCCOC)CC1CCCN2CCCCC12)N1Cc2ccccc2C1=O. The Hall–Kier alpha value is -1.92. The van der Waals surface area contributed by atoms with Crippen molar-refractivity contribution in [1.29, 1.82) is 0 Å². The highest BCUT2D eigenvalue weighted by Crippen LogP contribution is 2.33. The standard InChI is InChI=1S/C28H43N3O3/c1-4-21(2)26(31-20-22-11-5-6-13-24(22)27(31)32)28(33)30(17-10-18-34-3)19-23-12-9-16-29-15-8-7-14-25(23)29/h5-6,11,13,21,23,25-26H,4,7-10,12,14-20H2,1-3H3. The smallest absolute Gasteiger partial charge is 0.255 e. The minimum atomic E-state index is -0.418. The largest absolute Gasteiger partial charge is 0.385 e. The molecule has 0 bridgehead atoms. The molecule has 0 aromatic heterocycles. The minimum Gasteiger partial charge on any atom is -0.385 e. The Morgan fingerprint density at radius 1 is 1.18 bits per heavy atom. The van der Waals surface area contributed by atoms with Gasteiger partial charge in [0.05, 0.1) is 0 Å². The van der Waals surface area contributed by atoms with Crippen molar-refractivity contribution >= 4 is 11.8 Å². The number of ether oxygens (including phenoxy) is 1. The van der Waals surface area contributed by atoms with Crippen molar-refractivity contribution in [1.82, 2.24) is 14.7 Å². The Kier molecular flexibility index (Phi) is 8.65. The average Bonchev–Trinajstić information content (AvgIpc) is 3.19. The molecule has 2 fully saturated rings. The second kappa shape index (κ2) is 11.7. The second-order valence-corrected chi connectivity index (χ2v) is 10.6. The van der Waals surface area contributed by atoms with Crippen LogP contribution < -0.4 is 0 Å². The third kappa shape index (κ3) is 5.33. The number of methoxy groups -OCH3 is 1. The number of amides is 2. The molecule has 4 rings (SSSR count). The molecule has 6 heteroatoms. The zero-order valence-electron chi connectivity index (χ0n) is 21.4. The maximum atomic E-state index is 14.2. The molecule has 4 atom stereocenters. The van der Waals surface area contributed by atoms with Crippen LogP contribution in [-0.2, 0) is 16.1 Å². The van der Waals surface area contributed by atoms with Crippen molar-refractivity contribution in [3.63, 3.8) is 0 Å². The van der Waals surface area contributed by atoms with Gasteiger partial charge in [-0.1, -0.05) is 44.9 Å². The highest BCUT2D eigenvalue weighted by atomic mass is 16.5. The fourth-order valence-corrected chi connectivity index (χ4v) is 6.36. The predicted octanol–water partition coefficient (Wildman–Crippen LogP) is 4.19. The summed E-state index contributed by atoms with van der Waals surface area (Å²) in [6.45, 7) is 9.31. The van der Waals surface area contributed by atoms with Gasteiger partial charge in [-0.25, -0.2) is 0 Å². The van der Waals surface area contributed by atoms with E-state index in [0.29, 0.717) is 31.7 Å². The fraction of sp³-hybridized carbons (Fsp3) is 0.714. The molecule has 0 radical (unpaired) electrons. The molecule has 6 nitrogen and oxygen atoms in total. The van der Waals surface area contributed by atoms with Gasteiger partial charge in [-0.15, -0.1) is 0 Å². The van der Waals surface area contributed by atoms with Crippen LogP contribution in [0.4, 0.5) is 0 Å². The van der Waals surface area contributed by atoms with Gasteiger partial charge in [0, 0.05) is 45.0 Å². The van der Waals surface area contributed by atoms with Crippen LogP contribution in [0.1, 0.15) is 74.7 Å². The number of hydrogen-bond acceptors (Lipinski definition) is 4. The summed E-state index contributed by atoms with van der Waals surface area (Å²) >= 11 is 0. The molecular formula is C28H43N3O3. The van der Waals surface area contributed by atoms with Gasteiger partial charge in [0.2, 0.25) is 5.91 Å². The van der Waals surface area contributed by atoms with Crippen LogP contribution in [-0.4, -0.2) is 78.5 Å². The number of fused-ring (bicyclic) bond motifs is 2. The average molecular weight is 470 g/mol. The summed E-state index contributed by atoms with van der Waals surface area (Å²) in [5.41, 5.74) is 1.78. The highest BCUT2D eigenvalue weighted by molar-refractivity contribution is 6.01. The van der Waals surface area contributed by atoms with Crippen LogP contribution in [0, 0.1) is 11.8 Å². The molecule has 3 aliphatic rings. The molecule has 3 aliphatic heterocycles. The number of piperidine rings is 2. The lowest BCUT2D eigenvalue weighted by Gasteiger charge is -2.46. The van der Waals surface area contributed by atoms with E-state index in [1.54, 1.807) is 7.11 Å². The maximum Gasteiger partial charge on any atom is 0.255 e. The third-order valence-corrected chi connectivity index (χ3v) is 8.39. The van der Waals surface area contributed by atoms with E-state index in [9.17, 15) is 9.59 Å². The van der Waals surface area contributed by atoms with Gasteiger partial charge < -0.3 is 19.4 Å². The molecule has 0 spiro atoms. The summed E-state index contributed by atoms with van der Waals surface area (Å²) in [6, 6.07) is 7.98. The molecule has 4 unspecified atom stereocenters. The Bertz CT molecular complexity index is 842. The topological polar surface area (TPSA) is 53.1 Å². The van der Waals surface area contributed by atoms with Crippen molar-refractivity contribution in [2.24, 2.45) is 11.8 Å². The molecule has 34 heavy (non-hydrogen) atoms. The van der Waals surface area contributed by atoms with E-state index in [0.717, 1.165) is 30.5 Å². The number of nitrogens with zero attached hydrogens (tertiary/aromatic N) is 3. The first-order chi connectivity index (χ1) is 16.5. The van der Waals surface area contributed by atoms with Gasteiger partial charge >= 0.3 is 0 Å². The fourth-order valence-electron chi connectivity index (χ4n) is 6.36. The molecule has 0 saturated carbocycles. The molecular weight excluding hydrogens is 426 g/mol. The zero-order valence-corrected chi connectivity index (χ0v) is 21.4. The van der Waals surface area contributed by atoms with E-state index in [1.165, 1.54) is 45.2 Å². The van der Waals surface area contributed by atoms with E-state index in [1.807, 2.05) is 29.2 Å². The van der Waals surface area contributed by atoms with Gasteiger partial charge in [0.15, 0.2) is 0 Å². The molecule has 1 aromatic carbocycles. The first kappa shape index (κ1) is 25.2. The molecule has 188 valence electrons. The van der Waals surface area contributed by atoms with E-state index in [2.05, 4.69) is 23.6 Å². The molecule has 1 aromatic rings. The van der Waals surface area contributed by atoms with E-state index >= 15 is 0 Å². The molecule has 0 aliphatic carbocycles. The zero-order chi connectivity index (χ0) is 24.1. The van der Waals surface area contributed by atoms with Crippen molar-refractivity contribution < 1.29 is 14.3 Å². The van der Waals surface area contributed by atoms with Crippen molar-refractivity contribution in [2.45, 2.75) is 77.4 Å². The number of benzene rings is 1. The number of carbonyl (C=O) groups excluding carboxylic acids is 2. The number of hydrogen-bond donors (Lipinski definition) is 0. The Labute approximate surface area is 205 Å². The maximum absolute atomic E-state index is 14.2. The molecule has 2 saturated heterocycles. The van der Waals surface area contributed by atoms with Crippen LogP contribution >= 0.6 is 0 Å². The van der Waals surface area contributed by atoms with Gasteiger partial charge in [-0.3, -0.25) is 9.59 Å². The van der Waals surface area contributed by atoms with Crippen LogP contribution in [0.2, 0.25) is 0 Å². The third-order valence-electron chi connectivity index (χ3n) is 8.39. The highest BCUT2D eigenvalue weighted by Gasteiger charge is 2.42. The molecule has 0 N–H and O–H groups in total. The first-order valence-corrected chi connectivity index (χ1v) is 13.5. The summed E-state index contributed by atoms with van der Waals surface area (Å²) in [5.74, 6) is 0.750. The van der Waals surface area contributed by atoms with Crippen LogP contribution in [0.15, 0.2) is 24.3 Å². The summed E-state index contributed by atoms with van der Waals surface area (Å²) in [7, 11) is 1.72. The van der Waals surface area contributed by atoms with Crippen LogP contribution in [0.5, 0.6) is 0 Å². The summed E-state index contributed by atoms with van der Waals surface area (Å²) in [6.07, 6.45) is 7.94. The summed E-state index contributed by atoms with van der Waals surface area (Å²) < 4.78 is 5.33. The quantitative estimate of drug-likeness (QED) is 0.482. The van der Waals surface area contributed by atoms with Crippen LogP contribution in [0.3, 0.4) is 0 Å². The summed E-state index contributed by atoms with van der Waals surface area (Å²) in [4.78, 5) is 34.2. The Morgan fingerprint density at radius 3 is 2.74 bits per heavy atom. The van der Waals surface area contributed by atoms with Gasteiger partial charge in [-0.05, 0) is 68.7 Å². The molecule has 3 heterocycles. The Balaban J connectivity index is 1.56. The van der Waals surface area contributed by atoms with E-state index in [-0.39, 0.29) is 17.7 Å². The predicted molar refractivity (Wildman–Crippen MR) is 135 cm³/mol. The van der Waals surface area contributed by atoms with Crippen molar-refractivity contribution in [2.75, 3.05) is 39.9 Å². The lowest BCUT2D eigenvalue weighted by atomic mass is 9.83. The van der Waals surface area contributed by atoms with Gasteiger partial charge in [0.25, 0.3) is 5.91 Å². The minimum absolute atomic E-state index is 0.00205. The second-order valence-electron chi connectivity index (χ2n) is 10.6.